The van der Waals surface area contributed by atoms with E-state index in [1.54, 1.807) is 28.4 Å². The molecule has 1 aliphatic carbocycles. The number of methoxy groups -OCH3 is 4. The number of hydrogen-bond donors (Lipinski definition) is 1. The van der Waals surface area contributed by atoms with Crippen molar-refractivity contribution < 1.29 is 24.1 Å². The molecular formula is C49H66O5. The summed E-state index contributed by atoms with van der Waals surface area (Å²) in [5, 5.41) is 11.5. The van der Waals surface area contributed by atoms with Crippen LogP contribution in [-0.2, 0) is 40.9 Å². The standard InChI is InChI=1S/C49H66O5/c1-46(2,3)35-20-29-17-30-21-36(47(4,5)6)23-32(43(30)52-14)19-34-25-38(49(10,11)12)27-40(45(34)54-16)41(28-50)39-26-37(48(7,8)9)24-33(44(39)53-15)18-31(22-35)42(29)51-13/h20-27,41,50H,17-19,28H2,1-16H3. The van der Waals surface area contributed by atoms with Gasteiger partial charge < -0.3 is 24.1 Å². The van der Waals surface area contributed by atoms with Crippen LogP contribution in [0.15, 0.2) is 48.5 Å². The Bertz CT molecular complexity index is 1860. The molecule has 1 aliphatic rings. The lowest BCUT2D eigenvalue weighted by atomic mass is 9.77. The minimum atomic E-state index is -0.415. The van der Waals surface area contributed by atoms with Crippen LogP contribution < -0.4 is 18.9 Å². The Balaban J connectivity index is 2.03. The topological polar surface area (TPSA) is 57.2 Å². The molecule has 0 heterocycles. The van der Waals surface area contributed by atoms with Crippen LogP contribution in [0.5, 0.6) is 23.0 Å². The number of hydrogen-bond acceptors (Lipinski definition) is 5. The van der Waals surface area contributed by atoms with Gasteiger partial charge in [0.15, 0.2) is 0 Å². The Morgan fingerprint density at radius 2 is 0.630 bits per heavy atom. The fourth-order valence-corrected chi connectivity index (χ4v) is 7.98. The number of aliphatic hydroxyl groups is 1. The molecule has 4 aromatic rings. The van der Waals surface area contributed by atoms with Crippen molar-refractivity contribution in [3.05, 3.63) is 115 Å². The molecule has 8 bridgehead atoms. The monoisotopic (exact) mass is 734 g/mol. The summed E-state index contributed by atoms with van der Waals surface area (Å²) < 4.78 is 25.6. The SMILES string of the molecule is COc1c2cc(C(C)(C)C)cc1Cc1cc(C(C)(C)C)cc(c1OC)C(CO)c1cc(C(C)(C)C)cc(c1OC)Cc1cc(C(C)(C)C)cc(c1OC)C2. The van der Waals surface area contributed by atoms with Crippen molar-refractivity contribution in [1.29, 1.82) is 0 Å². The van der Waals surface area contributed by atoms with Gasteiger partial charge in [0.2, 0.25) is 0 Å². The summed E-state index contributed by atoms with van der Waals surface area (Å²) in [6.07, 6.45) is 1.82. The van der Waals surface area contributed by atoms with E-state index >= 15 is 0 Å². The summed E-state index contributed by atoms with van der Waals surface area (Å²) in [6, 6.07) is 18.3. The van der Waals surface area contributed by atoms with E-state index in [1.807, 2.05) is 0 Å². The van der Waals surface area contributed by atoms with E-state index in [9.17, 15) is 5.11 Å². The van der Waals surface area contributed by atoms with Gasteiger partial charge in [-0.25, -0.2) is 0 Å². The molecule has 5 rings (SSSR count). The van der Waals surface area contributed by atoms with E-state index < -0.39 is 5.92 Å². The molecule has 0 saturated carbocycles. The van der Waals surface area contributed by atoms with Gasteiger partial charge in [-0.15, -0.1) is 0 Å². The van der Waals surface area contributed by atoms with Gasteiger partial charge in [0.25, 0.3) is 0 Å². The maximum Gasteiger partial charge on any atom is 0.126 e. The van der Waals surface area contributed by atoms with Crippen molar-refractivity contribution in [3.63, 3.8) is 0 Å². The zero-order valence-corrected chi connectivity index (χ0v) is 36.1. The van der Waals surface area contributed by atoms with Gasteiger partial charge in [0.05, 0.1) is 35.0 Å². The Morgan fingerprint density at radius 1 is 0.407 bits per heavy atom. The quantitative estimate of drug-likeness (QED) is 0.221. The molecule has 0 unspecified atom stereocenters. The lowest BCUT2D eigenvalue weighted by molar-refractivity contribution is 0.273. The first kappa shape index (κ1) is 41.2. The average Bonchev–Trinajstić information content (AvgIpc) is 3.06. The molecule has 0 fully saturated rings. The second-order valence-corrected chi connectivity index (χ2v) is 19.4. The van der Waals surface area contributed by atoms with Crippen LogP contribution in [0, 0.1) is 0 Å². The molecule has 0 atom stereocenters. The van der Waals surface area contributed by atoms with Crippen LogP contribution in [0.1, 0.15) is 156 Å². The summed E-state index contributed by atoms with van der Waals surface area (Å²) in [5.74, 6) is 2.91. The summed E-state index contributed by atoms with van der Waals surface area (Å²) in [5.41, 5.74) is 12.8. The molecule has 4 aromatic carbocycles. The molecule has 1 N–H and O–H groups in total. The van der Waals surface area contributed by atoms with Crippen LogP contribution in [-0.4, -0.2) is 40.2 Å². The highest BCUT2D eigenvalue weighted by atomic mass is 16.5. The molecule has 292 valence electrons. The molecule has 0 amide bonds. The van der Waals surface area contributed by atoms with E-state index in [1.165, 1.54) is 22.3 Å². The van der Waals surface area contributed by atoms with Crippen molar-refractivity contribution in [2.45, 2.75) is 130 Å². The van der Waals surface area contributed by atoms with E-state index in [4.69, 9.17) is 18.9 Å². The zero-order valence-electron chi connectivity index (χ0n) is 36.1. The van der Waals surface area contributed by atoms with E-state index in [0.717, 1.165) is 67.5 Å². The molecule has 0 aromatic heterocycles. The number of ether oxygens (including phenoxy) is 4. The number of benzene rings is 4. The number of rotatable bonds is 5. The number of aliphatic hydroxyl groups excluding tert-OH is 1. The van der Waals surface area contributed by atoms with Gasteiger partial charge in [0.1, 0.15) is 23.0 Å². The smallest absolute Gasteiger partial charge is 0.126 e. The van der Waals surface area contributed by atoms with E-state index in [0.29, 0.717) is 19.3 Å². The third-order valence-electron chi connectivity index (χ3n) is 11.2. The Kier molecular flexibility index (Phi) is 11.4. The Hall–Kier alpha value is -3.96. The highest BCUT2D eigenvalue weighted by Gasteiger charge is 2.32. The largest absolute Gasteiger partial charge is 0.496 e. The van der Waals surface area contributed by atoms with Gasteiger partial charge in [-0.1, -0.05) is 132 Å². The van der Waals surface area contributed by atoms with Crippen molar-refractivity contribution in [2.24, 2.45) is 0 Å². The lowest BCUT2D eigenvalue weighted by Crippen LogP contribution is -2.19. The normalized spacial score (nSPS) is 14.2. The predicted molar refractivity (Wildman–Crippen MR) is 224 cm³/mol. The first-order chi connectivity index (χ1) is 25.0. The Morgan fingerprint density at radius 3 is 0.833 bits per heavy atom. The van der Waals surface area contributed by atoms with Gasteiger partial charge >= 0.3 is 0 Å². The van der Waals surface area contributed by atoms with Gasteiger partial charge in [-0.2, -0.15) is 0 Å². The highest BCUT2D eigenvalue weighted by molar-refractivity contribution is 5.61. The molecule has 0 aliphatic heterocycles. The van der Waals surface area contributed by atoms with Crippen molar-refractivity contribution in [2.75, 3.05) is 35.0 Å². The first-order valence-corrected chi connectivity index (χ1v) is 19.5. The maximum absolute atomic E-state index is 11.5. The van der Waals surface area contributed by atoms with Crippen LogP contribution in [0.4, 0.5) is 0 Å². The molecule has 54 heavy (non-hydrogen) atoms. The molecule has 0 saturated heterocycles. The van der Waals surface area contributed by atoms with Crippen LogP contribution in [0.25, 0.3) is 0 Å². The van der Waals surface area contributed by atoms with Crippen molar-refractivity contribution in [3.8, 4) is 23.0 Å². The van der Waals surface area contributed by atoms with Crippen LogP contribution in [0.3, 0.4) is 0 Å². The predicted octanol–water partition coefficient (Wildman–Crippen LogP) is 11.1. The van der Waals surface area contributed by atoms with Gasteiger partial charge in [-0.3, -0.25) is 0 Å². The molecule has 5 nitrogen and oxygen atoms in total. The summed E-state index contributed by atoms with van der Waals surface area (Å²) >= 11 is 0. The summed E-state index contributed by atoms with van der Waals surface area (Å²) in [4.78, 5) is 0. The van der Waals surface area contributed by atoms with Gasteiger partial charge in [0, 0.05) is 36.3 Å². The summed E-state index contributed by atoms with van der Waals surface area (Å²) in [7, 11) is 7.07. The second kappa shape index (κ2) is 14.9. The zero-order chi connectivity index (χ0) is 40.1. The summed E-state index contributed by atoms with van der Waals surface area (Å²) in [6.45, 7) is 27.0. The van der Waals surface area contributed by atoms with E-state index in [-0.39, 0.29) is 28.3 Å². The average molecular weight is 735 g/mol. The minimum absolute atomic E-state index is 0.104. The minimum Gasteiger partial charge on any atom is -0.496 e. The maximum atomic E-state index is 11.5. The first-order valence-electron chi connectivity index (χ1n) is 19.5. The van der Waals surface area contributed by atoms with Gasteiger partial charge in [-0.05, 0) is 77.3 Å². The molecule has 5 heteroatoms. The fourth-order valence-electron chi connectivity index (χ4n) is 7.98. The van der Waals surface area contributed by atoms with E-state index in [2.05, 4.69) is 132 Å². The molecular weight excluding hydrogens is 669 g/mol. The Labute approximate surface area is 326 Å². The molecule has 0 radical (unpaired) electrons. The lowest BCUT2D eigenvalue weighted by Gasteiger charge is -2.30. The fraction of sp³-hybridized carbons (Fsp3) is 0.510. The third kappa shape index (κ3) is 8.17. The van der Waals surface area contributed by atoms with Crippen LogP contribution >= 0.6 is 0 Å². The molecule has 0 spiro atoms. The third-order valence-corrected chi connectivity index (χ3v) is 11.2. The van der Waals surface area contributed by atoms with Crippen molar-refractivity contribution in [1.82, 2.24) is 0 Å². The number of fused-ring (bicyclic) bond motifs is 8. The van der Waals surface area contributed by atoms with Crippen molar-refractivity contribution >= 4 is 0 Å². The second-order valence-electron chi connectivity index (χ2n) is 19.4. The highest BCUT2D eigenvalue weighted by Crippen LogP contribution is 2.47. The van der Waals surface area contributed by atoms with Crippen LogP contribution in [0.2, 0.25) is 0 Å².